The molecule has 7 heteroatoms. The molecule has 0 saturated heterocycles. The first-order valence-corrected chi connectivity index (χ1v) is 9.27. The molecule has 0 fully saturated rings. The molecule has 7 nitrogen and oxygen atoms in total. The van der Waals surface area contributed by atoms with Gasteiger partial charge in [-0.3, -0.25) is 9.78 Å². The predicted molar refractivity (Wildman–Crippen MR) is 111 cm³/mol. The number of rotatable bonds is 9. The van der Waals surface area contributed by atoms with Gasteiger partial charge in [0.05, 0.1) is 14.2 Å². The molecule has 1 amide bonds. The Morgan fingerprint density at radius 1 is 1.00 bits per heavy atom. The topological polar surface area (TPSA) is 85.4 Å². The highest BCUT2D eigenvalue weighted by Crippen LogP contribution is 2.27. The number of methoxy groups -OCH3 is 2. The van der Waals surface area contributed by atoms with Gasteiger partial charge in [-0.25, -0.2) is 4.98 Å². The standard InChI is InChI=1S/C22H24N4O3/c1-28-19-6-5-16(12-20(19)29-2)7-10-24-21-13-18(8-11-25-21)22(27)26-15-17-4-3-9-23-14-17/h3-6,8-9,11-14H,7,10,15H2,1-2H3,(H,24,25)(H,26,27). The van der Waals surface area contributed by atoms with Crippen molar-refractivity contribution in [1.82, 2.24) is 15.3 Å². The fourth-order valence-corrected chi connectivity index (χ4v) is 2.83. The Morgan fingerprint density at radius 2 is 1.86 bits per heavy atom. The number of carbonyl (C=O) groups is 1. The van der Waals surface area contributed by atoms with Crippen LogP contribution in [0.4, 0.5) is 5.82 Å². The summed E-state index contributed by atoms with van der Waals surface area (Å²) in [6, 6.07) is 13.0. The molecule has 2 N–H and O–H groups in total. The van der Waals surface area contributed by atoms with Crippen molar-refractivity contribution in [2.45, 2.75) is 13.0 Å². The first kappa shape index (κ1) is 20.1. The van der Waals surface area contributed by atoms with Gasteiger partial charge in [-0.15, -0.1) is 0 Å². The molecule has 0 aliphatic carbocycles. The molecule has 0 unspecified atom stereocenters. The number of benzene rings is 1. The molecule has 2 aromatic heterocycles. The van der Waals surface area contributed by atoms with Crippen LogP contribution in [0, 0.1) is 0 Å². The molecule has 0 atom stereocenters. The molecule has 0 bridgehead atoms. The van der Waals surface area contributed by atoms with Crippen molar-refractivity contribution >= 4 is 11.7 Å². The molecule has 150 valence electrons. The van der Waals surface area contributed by atoms with Crippen LogP contribution in [0.15, 0.2) is 61.1 Å². The van der Waals surface area contributed by atoms with Crippen molar-refractivity contribution in [2.75, 3.05) is 26.1 Å². The summed E-state index contributed by atoms with van der Waals surface area (Å²) in [6.45, 7) is 1.10. The first-order valence-electron chi connectivity index (χ1n) is 9.27. The fraction of sp³-hybridized carbons (Fsp3) is 0.227. The van der Waals surface area contributed by atoms with E-state index < -0.39 is 0 Å². The minimum Gasteiger partial charge on any atom is -0.493 e. The lowest BCUT2D eigenvalue weighted by Gasteiger charge is -2.11. The highest BCUT2D eigenvalue weighted by Gasteiger charge is 2.08. The van der Waals surface area contributed by atoms with Crippen LogP contribution in [-0.4, -0.2) is 36.6 Å². The number of carbonyl (C=O) groups excluding carboxylic acids is 1. The Hall–Kier alpha value is -3.61. The summed E-state index contributed by atoms with van der Waals surface area (Å²) in [4.78, 5) is 20.7. The van der Waals surface area contributed by atoms with Crippen molar-refractivity contribution in [1.29, 1.82) is 0 Å². The molecule has 0 spiro atoms. The van der Waals surface area contributed by atoms with E-state index in [1.165, 1.54) is 0 Å². The van der Waals surface area contributed by atoms with E-state index in [9.17, 15) is 4.79 Å². The maximum atomic E-state index is 12.4. The van der Waals surface area contributed by atoms with E-state index in [0.717, 1.165) is 17.5 Å². The zero-order valence-corrected chi connectivity index (χ0v) is 16.5. The Bertz CT molecular complexity index is 948. The SMILES string of the molecule is COc1ccc(CCNc2cc(C(=O)NCc3cccnc3)ccn2)cc1OC. The summed E-state index contributed by atoms with van der Waals surface area (Å²) in [7, 11) is 3.24. The summed E-state index contributed by atoms with van der Waals surface area (Å²) >= 11 is 0. The lowest BCUT2D eigenvalue weighted by molar-refractivity contribution is 0.0951. The van der Waals surface area contributed by atoms with Crippen molar-refractivity contribution in [3.05, 3.63) is 77.7 Å². The number of nitrogens with one attached hydrogen (secondary N) is 2. The number of amides is 1. The van der Waals surface area contributed by atoms with Crippen LogP contribution in [0.5, 0.6) is 11.5 Å². The van der Waals surface area contributed by atoms with Gasteiger partial charge in [0.25, 0.3) is 5.91 Å². The van der Waals surface area contributed by atoms with Crippen LogP contribution in [0.2, 0.25) is 0 Å². The molecule has 3 rings (SSSR count). The number of pyridine rings is 2. The van der Waals surface area contributed by atoms with Crippen molar-refractivity contribution in [3.63, 3.8) is 0 Å². The van der Waals surface area contributed by atoms with E-state index in [1.54, 1.807) is 44.9 Å². The van der Waals surface area contributed by atoms with Gasteiger partial charge in [0.2, 0.25) is 0 Å². The molecule has 29 heavy (non-hydrogen) atoms. The number of ether oxygens (including phenoxy) is 2. The Balaban J connectivity index is 1.54. The number of aromatic nitrogens is 2. The summed E-state index contributed by atoms with van der Waals surface area (Å²) in [5.41, 5.74) is 2.61. The van der Waals surface area contributed by atoms with Crippen LogP contribution < -0.4 is 20.1 Å². The highest BCUT2D eigenvalue weighted by molar-refractivity contribution is 5.94. The highest BCUT2D eigenvalue weighted by atomic mass is 16.5. The quantitative estimate of drug-likeness (QED) is 0.582. The van der Waals surface area contributed by atoms with Gasteiger partial charge in [-0.05, 0) is 47.9 Å². The van der Waals surface area contributed by atoms with Crippen molar-refractivity contribution in [2.24, 2.45) is 0 Å². The zero-order chi connectivity index (χ0) is 20.5. The fourth-order valence-electron chi connectivity index (χ4n) is 2.83. The number of hydrogen-bond acceptors (Lipinski definition) is 6. The summed E-state index contributed by atoms with van der Waals surface area (Å²) in [5, 5.41) is 6.14. The number of anilines is 1. The maximum absolute atomic E-state index is 12.4. The maximum Gasteiger partial charge on any atom is 0.251 e. The Morgan fingerprint density at radius 3 is 2.62 bits per heavy atom. The third kappa shape index (κ3) is 5.68. The summed E-state index contributed by atoms with van der Waals surface area (Å²) < 4.78 is 10.6. The van der Waals surface area contributed by atoms with Crippen LogP contribution >= 0.6 is 0 Å². The van der Waals surface area contributed by atoms with Gasteiger partial charge in [0.1, 0.15) is 5.82 Å². The number of hydrogen-bond donors (Lipinski definition) is 2. The van der Waals surface area contributed by atoms with Crippen LogP contribution in [0.25, 0.3) is 0 Å². The number of nitrogens with zero attached hydrogens (tertiary/aromatic N) is 2. The largest absolute Gasteiger partial charge is 0.493 e. The third-order valence-corrected chi connectivity index (χ3v) is 4.37. The Labute approximate surface area is 170 Å². The molecular formula is C22H24N4O3. The second-order valence-corrected chi connectivity index (χ2v) is 6.34. The normalized spacial score (nSPS) is 10.3. The summed E-state index contributed by atoms with van der Waals surface area (Å²) in [5.74, 6) is 1.91. The lowest BCUT2D eigenvalue weighted by Crippen LogP contribution is -2.23. The van der Waals surface area contributed by atoms with Gasteiger partial charge in [-0.1, -0.05) is 12.1 Å². The average molecular weight is 392 g/mol. The molecule has 2 heterocycles. The van der Waals surface area contributed by atoms with E-state index in [0.29, 0.717) is 36.0 Å². The van der Waals surface area contributed by atoms with E-state index in [2.05, 4.69) is 20.6 Å². The minimum atomic E-state index is -0.154. The van der Waals surface area contributed by atoms with E-state index in [4.69, 9.17) is 9.47 Å². The first-order chi connectivity index (χ1) is 14.2. The summed E-state index contributed by atoms with van der Waals surface area (Å²) in [6.07, 6.45) is 5.83. The van der Waals surface area contributed by atoms with Crippen molar-refractivity contribution < 1.29 is 14.3 Å². The van der Waals surface area contributed by atoms with Gasteiger partial charge in [0.15, 0.2) is 11.5 Å². The van der Waals surface area contributed by atoms with Crippen LogP contribution in [0.1, 0.15) is 21.5 Å². The molecule has 0 saturated carbocycles. The second kappa shape index (κ2) is 10.1. The van der Waals surface area contributed by atoms with Crippen LogP contribution in [-0.2, 0) is 13.0 Å². The molecule has 0 aliphatic rings. The zero-order valence-electron chi connectivity index (χ0n) is 16.5. The molecule has 3 aromatic rings. The average Bonchev–Trinajstić information content (AvgIpc) is 2.78. The molecular weight excluding hydrogens is 368 g/mol. The van der Waals surface area contributed by atoms with E-state index >= 15 is 0 Å². The van der Waals surface area contributed by atoms with Gasteiger partial charge >= 0.3 is 0 Å². The molecule has 0 aliphatic heterocycles. The van der Waals surface area contributed by atoms with Crippen molar-refractivity contribution in [3.8, 4) is 11.5 Å². The van der Waals surface area contributed by atoms with Gasteiger partial charge < -0.3 is 20.1 Å². The molecule has 0 radical (unpaired) electrons. The van der Waals surface area contributed by atoms with Crippen LogP contribution in [0.3, 0.4) is 0 Å². The van der Waals surface area contributed by atoms with E-state index in [1.807, 2.05) is 30.3 Å². The van der Waals surface area contributed by atoms with E-state index in [-0.39, 0.29) is 5.91 Å². The molecule has 1 aromatic carbocycles. The Kier molecular flexibility index (Phi) is 7.00. The second-order valence-electron chi connectivity index (χ2n) is 6.34. The third-order valence-electron chi connectivity index (χ3n) is 4.37. The minimum absolute atomic E-state index is 0.154. The van der Waals surface area contributed by atoms with Gasteiger partial charge in [-0.2, -0.15) is 0 Å². The van der Waals surface area contributed by atoms with Gasteiger partial charge in [0, 0.05) is 37.2 Å². The monoisotopic (exact) mass is 392 g/mol. The predicted octanol–water partition coefficient (Wildman–Crippen LogP) is 3.08. The lowest BCUT2D eigenvalue weighted by atomic mass is 10.1. The smallest absolute Gasteiger partial charge is 0.251 e.